The number of carboxylic acids is 1. The molecule has 1 aromatic heterocycles. The number of carbonyl (C=O) groups is 6. The molecule has 59 heavy (non-hydrogen) atoms. The van der Waals surface area contributed by atoms with Crippen LogP contribution in [0.15, 0.2) is 35.1 Å². The average molecular weight is 839 g/mol. The number of ether oxygens (including phenoxy) is 1. The van der Waals surface area contributed by atoms with Crippen LogP contribution in [-0.4, -0.2) is 109 Å². The number of carboxylic acid groups (broad SMARTS) is 1. The minimum Gasteiger partial charge on any atom is -0.477 e. The number of rotatable bonds is 19. The second-order valence-corrected chi connectivity index (χ2v) is 20.7. The van der Waals surface area contributed by atoms with Crippen LogP contribution in [0, 0.1) is 28.1 Å². The van der Waals surface area contributed by atoms with E-state index in [2.05, 4.69) is 24.1 Å². The maximum absolute atomic E-state index is 14.1. The van der Waals surface area contributed by atoms with Crippen molar-refractivity contribution in [1.29, 1.82) is 0 Å². The number of ketones is 2. The first kappa shape index (κ1) is 46.4. The summed E-state index contributed by atoms with van der Waals surface area (Å²) in [6.07, 6.45) is 8.06. The zero-order valence-corrected chi connectivity index (χ0v) is 37.2. The van der Waals surface area contributed by atoms with Crippen LogP contribution in [-0.2, 0) is 39.9 Å². The number of aliphatic hydroxyl groups excluding tert-OH is 1. The number of hydrogen-bond acceptors (Lipinski definition) is 11. The largest absolute Gasteiger partial charge is 0.477 e. The summed E-state index contributed by atoms with van der Waals surface area (Å²) in [5.41, 5.74) is -0.845. The Kier molecular flexibility index (Phi) is 14.6. The number of fused-ring (bicyclic) bond motifs is 1. The number of thioether (sulfide) groups is 1. The molecule has 3 N–H and O–H groups in total. The van der Waals surface area contributed by atoms with Gasteiger partial charge in [0.15, 0.2) is 5.78 Å². The molecule has 0 saturated carbocycles. The number of aliphatic hydroxyl groups is 1. The van der Waals surface area contributed by atoms with Crippen LogP contribution in [0.25, 0.3) is 0 Å². The molecule has 2 amide bonds. The molecular formula is C45H66N4O9S. The van der Waals surface area contributed by atoms with Crippen LogP contribution in [0.4, 0.5) is 0 Å². The van der Waals surface area contributed by atoms with E-state index < -0.39 is 64.7 Å². The number of esters is 1. The lowest BCUT2D eigenvalue weighted by Gasteiger charge is -2.46. The molecule has 3 saturated heterocycles. The van der Waals surface area contributed by atoms with Crippen molar-refractivity contribution in [2.45, 2.75) is 162 Å². The molecule has 14 heteroatoms. The van der Waals surface area contributed by atoms with E-state index in [1.165, 1.54) is 21.6 Å². The number of hydrogen-bond donors (Lipinski definition) is 3. The zero-order chi connectivity index (χ0) is 43.6. The Bertz CT molecular complexity index is 1790. The second kappa shape index (κ2) is 18.6. The molecule has 0 spiro atoms. The topological polar surface area (TPSA) is 184 Å². The summed E-state index contributed by atoms with van der Waals surface area (Å²) in [5, 5.41) is 23.6. The highest BCUT2D eigenvalue weighted by Crippen LogP contribution is 2.52. The molecule has 0 aromatic carbocycles. The molecule has 1 aromatic rings. The van der Waals surface area contributed by atoms with Gasteiger partial charge in [0.2, 0.25) is 11.7 Å². The fourth-order valence-corrected chi connectivity index (χ4v) is 10.6. The molecule has 0 radical (unpaired) electrons. The Hall–Kier alpha value is -3.62. The zero-order valence-electron chi connectivity index (χ0n) is 36.4. The van der Waals surface area contributed by atoms with Crippen molar-refractivity contribution < 1.29 is 43.7 Å². The fourth-order valence-electron chi connectivity index (χ4n) is 9.13. The standard InChI is InChI=1S/C45H66N4O9S/c1-10-44(6,7)38(52)40(54)48-21-12-11-15-32(48)42(57)58-29(17-16-28-14-13-20-46-24-28)23-43(4,5)18-19-45(8,9)37(51)31-22-30(25-47-31)59-36-26(2)34-33(27(3)50)39(53)49(34)35(36)41(55)56/h13-14,20,24,26-27,29-34,47,50H,10-12,15-19,21-23,25H2,1-9H3,(H,55,56)/t26-,27-,29-,30+,31+,32+,33-,34-/m1/s1. The van der Waals surface area contributed by atoms with Gasteiger partial charge in [0.1, 0.15) is 17.8 Å². The van der Waals surface area contributed by atoms with Crippen molar-refractivity contribution in [3.05, 3.63) is 40.7 Å². The van der Waals surface area contributed by atoms with E-state index in [1.54, 1.807) is 33.2 Å². The number of pyridine rings is 1. The highest BCUT2D eigenvalue weighted by molar-refractivity contribution is 8.03. The summed E-state index contributed by atoms with van der Waals surface area (Å²) in [7, 11) is 0. The predicted molar refractivity (Wildman–Crippen MR) is 225 cm³/mol. The molecule has 4 aliphatic heterocycles. The molecule has 326 valence electrons. The van der Waals surface area contributed by atoms with Gasteiger partial charge in [-0.05, 0) is 88.2 Å². The Morgan fingerprint density at radius 2 is 1.78 bits per heavy atom. The number of aryl methyl sites for hydroxylation is 1. The number of aromatic nitrogens is 1. The van der Waals surface area contributed by atoms with Gasteiger partial charge in [-0.15, -0.1) is 11.8 Å². The first-order valence-corrected chi connectivity index (χ1v) is 22.4. The lowest BCUT2D eigenvalue weighted by molar-refractivity contribution is -0.165. The smallest absolute Gasteiger partial charge is 0.353 e. The number of likely N-dealkylation sites (tertiary alicyclic amines) is 1. The van der Waals surface area contributed by atoms with Crippen molar-refractivity contribution in [3.63, 3.8) is 0 Å². The monoisotopic (exact) mass is 838 g/mol. The van der Waals surface area contributed by atoms with E-state index in [0.717, 1.165) is 12.0 Å². The van der Waals surface area contributed by atoms with Gasteiger partial charge in [0.25, 0.3) is 5.91 Å². The van der Waals surface area contributed by atoms with Crippen LogP contribution in [0.5, 0.6) is 0 Å². The Morgan fingerprint density at radius 1 is 1.07 bits per heavy atom. The number of β-lactam (4-membered cyclic amide) rings is 1. The van der Waals surface area contributed by atoms with Crippen molar-refractivity contribution in [2.75, 3.05) is 13.1 Å². The van der Waals surface area contributed by atoms with Crippen molar-refractivity contribution in [2.24, 2.45) is 28.1 Å². The second-order valence-electron chi connectivity index (χ2n) is 19.4. The quantitative estimate of drug-likeness (QED) is 0.0877. The van der Waals surface area contributed by atoms with E-state index in [-0.39, 0.29) is 40.0 Å². The van der Waals surface area contributed by atoms with Gasteiger partial charge in [0.05, 0.1) is 24.1 Å². The number of Topliss-reactive ketones (excluding diaryl/α,β-unsaturated/α-hetero) is 2. The summed E-state index contributed by atoms with van der Waals surface area (Å²) in [6, 6.07) is 2.24. The third kappa shape index (κ3) is 10.3. The fraction of sp³-hybridized carbons (Fsp3) is 0.711. The van der Waals surface area contributed by atoms with Gasteiger partial charge >= 0.3 is 11.9 Å². The van der Waals surface area contributed by atoms with Crippen LogP contribution in [0.3, 0.4) is 0 Å². The van der Waals surface area contributed by atoms with E-state index in [4.69, 9.17) is 4.74 Å². The van der Waals surface area contributed by atoms with Crippen LogP contribution in [0.1, 0.15) is 126 Å². The van der Waals surface area contributed by atoms with E-state index >= 15 is 0 Å². The van der Waals surface area contributed by atoms with Crippen LogP contribution in [0.2, 0.25) is 0 Å². The number of aliphatic carboxylic acids is 1. The maximum Gasteiger partial charge on any atom is 0.353 e. The summed E-state index contributed by atoms with van der Waals surface area (Å²) in [6.45, 7) is 17.8. The molecule has 3 fully saturated rings. The summed E-state index contributed by atoms with van der Waals surface area (Å²) >= 11 is 1.43. The van der Waals surface area contributed by atoms with Gasteiger partial charge < -0.3 is 30.1 Å². The molecular weight excluding hydrogens is 773 g/mol. The molecule has 0 aliphatic carbocycles. The first-order valence-electron chi connectivity index (χ1n) is 21.5. The van der Waals surface area contributed by atoms with Gasteiger partial charge in [-0.1, -0.05) is 61.5 Å². The highest BCUT2D eigenvalue weighted by atomic mass is 32.2. The summed E-state index contributed by atoms with van der Waals surface area (Å²) in [4.78, 5) is 87.5. The molecule has 5 heterocycles. The minimum atomic E-state index is -1.16. The molecule has 0 unspecified atom stereocenters. The lowest BCUT2D eigenvalue weighted by atomic mass is 9.73. The van der Waals surface area contributed by atoms with E-state index in [9.17, 15) is 39.0 Å². The average Bonchev–Trinajstić information content (AvgIpc) is 3.75. The molecule has 4 aliphatic rings. The maximum atomic E-state index is 14.1. The number of piperidine rings is 1. The number of carbonyl (C=O) groups excluding carboxylic acids is 5. The Labute approximate surface area is 353 Å². The number of amides is 2. The van der Waals surface area contributed by atoms with Crippen molar-refractivity contribution >= 4 is 47.1 Å². The minimum absolute atomic E-state index is 0.00756. The van der Waals surface area contributed by atoms with Crippen LogP contribution >= 0.6 is 11.8 Å². The molecule has 8 atom stereocenters. The summed E-state index contributed by atoms with van der Waals surface area (Å²) < 4.78 is 6.30. The Morgan fingerprint density at radius 3 is 2.41 bits per heavy atom. The third-order valence-corrected chi connectivity index (χ3v) is 14.9. The van der Waals surface area contributed by atoms with Crippen LogP contribution < -0.4 is 5.32 Å². The van der Waals surface area contributed by atoms with Gasteiger partial charge in [-0.25, -0.2) is 9.59 Å². The SMILES string of the molecule is CCC(C)(C)C(=O)C(=O)N1CCCC[C@H]1C(=O)O[C@H](CCc1cccnc1)CC(C)(C)CCC(C)(C)C(=O)[C@@H]1C[C@H](SC2=C(C(=O)O)N3C(=O)[C@H]([C@@H](C)O)[C@H]3[C@H]2C)CN1. The van der Waals surface area contributed by atoms with Crippen molar-refractivity contribution in [3.8, 4) is 0 Å². The van der Waals surface area contributed by atoms with E-state index in [0.29, 0.717) is 75.8 Å². The van der Waals surface area contributed by atoms with Gasteiger partial charge in [-0.2, -0.15) is 0 Å². The molecule has 5 rings (SSSR count). The third-order valence-electron chi connectivity index (χ3n) is 13.4. The highest BCUT2D eigenvalue weighted by Gasteiger charge is 2.60. The Balaban J connectivity index is 1.22. The van der Waals surface area contributed by atoms with Crippen molar-refractivity contribution in [1.82, 2.24) is 20.1 Å². The lowest BCUT2D eigenvalue weighted by Crippen LogP contribution is -2.63. The summed E-state index contributed by atoms with van der Waals surface area (Å²) in [5.74, 6) is -3.91. The predicted octanol–water partition coefficient (Wildman–Crippen LogP) is 5.72. The molecule has 0 bridgehead atoms. The molecule has 13 nitrogen and oxygen atoms in total. The number of nitrogens with one attached hydrogen (secondary N) is 1. The van der Waals surface area contributed by atoms with E-state index in [1.807, 2.05) is 39.8 Å². The number of nitrogens with zero attached hydrogens (tertiary/aromatic N) is 3. The van der Waals surface area contributed by atoms with Gasteiger partial charge in [-0.3, -0.25) is 24.2 Å². The van der Waals surface area contributed by atoms with Gasteiger partial charge in [0, 0.05) is 52.4 Å². The first-order chi connectivity index (χ1) is 27.6. The normalized spacial score (nSPS) is 26.0.